The van der Waals surface area contributed by atoms with Crippen molar-refractivity contribution in [2.75, 3.05) is 24.0 Å². The second kappa shape index (κ2) is 6.38. The highest BCUT2D eigenvalue weighted by Gasteiger charge is 2.38. The molecule has 7 nitrogen and oxygen atoms in total. The first-order valence-corrected chi connectivity index (χ1v) is 10.1. The fourth-order valence-corrected chi connectivity index (χ4v) is 3.60. The fourth-order valence-electron chi connectivity index (χ4n) is 2.96. The van der Waals surface area contributed by atoms with Crippen molar-refractivity contribution >= 4 is 33.0 Å². The van der Waals surface area contributed by atoms with E-state index in [1.54, 1.807) is 18.2 Å². The summed E-state index contributed by atoms with van der Waals surface area (Å²) in [5.41, 5.74) is 1.60. The average Bonchev–Trinajstić information content (AvgIpc) is 2.82. The molecule has 0 aromatic heterocycles. The van der Waals surface area contributed by atoms with Crippen LogP contribution in [0.25, 0.3) is 0 Å². The molecule has 1 aliphatic heterocycles. The number of anilines is 2. The summed E-state index contributed by atoms with van der Waals surface area (Å²) in [6.07, 6.45) is 1.09. The van der Waals surface area contributed by atoms with Gasteiger partial charge in [0.05, 0.1) is 23.0 Å². The summed E-state index contributed by atoms with van der Waals surface area (Å²) < 4.78 is 28.5. The Bertz CT molecular complexity index is 1060. The number of rotatable bonds is 4. The maximum absolute atomic E-state index is 12.6. The highest BCUT2D eigenvalue weighted by atomic mass is 32.2. The van der Waals surface area contributed by atoms with Gasteiger partial charge in [0.25, 0.3) is 5.91 Å². The van der Waals surface area contributed by atoms with E-state index in [9.17, 15) is 18.0 Å². The van der Waals surface area contributed by atoms with Crippen molar-refractivity contribution in [3.8, 4) is 5.75 Å². The van der Waals surface area contributed by atoms with Gasteiger partial charge >= 0.3 is 0 Å². The van der Waals surface area contributed by atoms with E-state index in [4.69, 9.17) is 4.74 Å². The molecular formula is C19H20N2O5S. The minimum Gasteiger partial charge on any atom is -0.496 e. The molecule has 8 heteroatoms. The van der Waals surface area contributed by atoms with Gasteiger partial charge in [0.1, 0.15) is 5.75 Å². The first-order valence-electron chi connectivity index (χ1n) is 8.19. The first-order chi connectivity index (χ1) is 12.5. The van der Waals surface area contributed by atoms with Gasteiger partial charge in [-0.1, -0.05) is 6.07 Å². The van der Waals surface area contributed by atoms with Crippen LogP contribution in [0.3, 0.4) is 0 Å². The third-order valence-corrected chi connectivity index (χ3v) is 5.72. The summed E-state index contributed by atoms with van der Waals surface area (Å²) in [7, 11) is -2.05. The second-order valence-electron chi connectivity index (χ2n) is 6.93. The zero-order chi connectivity index (χ0) is 20.0. The molecule has 0 saturated heterocycles. The largest absolute Gasteiger partial charge is 0.496 e. The minimum atomic E-state index is -3.41. The number of carbonyl (C=O) groups is 2. The lowest BCUT2D eigenvalue weighted by atomic mass is 9.86. The molecule has 27 heavy (non-hydrogen) atoms. The number of ether oxygens (including phenoxy) is 1. The molecule has 2 aromatic rings. The summed E-state index contributed by atoms with van der Waals surface area (Å²) in [4.78, 5) is 24.7. The predicted octanol–water partition coefficient (Wildman–Crippen LogP) is 2.58. The van der Waals surface area contributed by atoms with Gasteiger partial charge in [0.2, 0.25) is 5.91 Å². The van der Waals surface area contributed by atoms with Gasteiger partial charge in [-0.2, -0.15) is 0 Å². The van der Waals surface area contributed by atoms with Crippen molar-refractivity contribution in [2.24, 2.45) is 0 Å². The Kier molecular flexibility index (Phi) is 4.47. The van der Waals surface area contributed by atoms with Crippen molar-refractivity contribution < 1.29 is 22.7 Å². The van der Waals surface area contributed by atoms with Crippen LogP contribution in [0.5, 0.6) is 5.75 Å². The van der Waals surface area contributed by atoms with Gasteiger partial charge in [0, 0.05) is 17.6 Å². The van der Waals surface area contributed by atoms with Crippen LogP contribution in [0, 0.1) is 0 Å². The molecule has 2 amide bonds. The molecule has 0 bridgehead atoms. The third-order valence-electron chi connectivity index (χ3n) is 4.61. The van der Waals surface area contributed by atoms with Crippen LogP contribution in [-0.2, 0) is 20.0 Å². The summed E-state index contributed by atoms with van der Waals surface area (Å²) in [6.45, 7) is 3.67. The maximum atomic E-state index is 12.6. The van der Waals surface area contributed by atoms with E-state index in [2.05, 4.69) is 10.6 Å². The van der Waals surface area contributed by atoms with Crippen LogP contribution in [-0.4, -0.2) is 33.6 Å². The summed E-state index contributed by atoms with van der Waals surface area (Å²) in [5, 5.41) is 5.55. The van der Waals surface area contributed by atoms with E-state index < -0.39 is 21.2 Å². The molecule has 1 aliphatic rings. The Labute approximate surface area is 157 Å². The van der Waals surface area contributed by atoms with E-state index >= 15 is 0 Å². The van der Waals surface area contributed by atoms with Crippen molar-refractivity contribution in [1.82, 2.24) is 0 Å². The Morgan fingerprint density at radius 2 is 1.85 bits per heavy atom. The van der Waals surface area contributed by atoms with Crippen LogP contribution in [0.4, 0.5) is 11.4 Å². The number of amides is 2. The molecule has 0 unspecified atom stereocenters. The number of benzene rings is 2. The zero-order valence-corrected chi connectivity index (χ0v) is 16.2. The van der Waals surface area contributed by atoms with Gasteiger partial charge in [-0.25, -0.2) is 8.42 Å². The lowest BCUT2D eigenvalue weighted by Gasteiger charge is -2.15. The van der Waals surface area contributed by atoms with Gasteiger partial charge in [-0.3, -0.25) is 9.59 Å². The Hall–Kier alpha value is -2.87. The molecule has 0 fully saturated rings. The lowest BCUT2D eigenvalue weighted by molar-refractivity contribution is -0.119. The van der Waals surface area contributed by atoms with Gasteiger partial charge in [0.15, 0.2) is 9.84 Å². The van der Waals surface area contributed by atoms with Crippen LogP contribution in [0.2, 0.25) is 0 Å². The van der Waals surface area contributed by atoms with Crippen LogP contribution in [0.1, 0.15) is 29.8 Å². The molecule has 3 rings (SSSR count). The molecule has 0 saturated carbocycles. The SMILES string of the molecule is COc1cc(S(C)(=O)=O)ccc1C(=O)Nc1ccc2c(c1)NC(=O)C2(C)C. The standard InChI is InChI=1S/C19H20N2O5S/c1-19(2)14-8-5-11(9-15(14)21-18(19)23)20-17(22)13-7-6-12(27(4,24)25)10-16(13)26-3/h5-10H,1-4H3,(H,20,22)(H,21,23). The zero-order valence-electron chi connectivity index (χ0n) is 15.4. The molecular weight excluding hydrogens is 368 g/mol. The Balaban J connectivity index is 1.89. The molecule has 0 atom stereocenters. The number of fused-ring (bicyclic) bond motifs is 1. The number of carbonyl (C=O) groups excluding carboxylic acids is 2. The van der Waals surface area contributed by atoms with Crippen molar-refractivity contribution in [3.63, 3.8) is 0 Å². The molecule has 0 aliphatic carbocycles. The number of hydrogen-bond donors (Lipinski definition) is 2. The van der Waals surface area contributed by atoms with Crippen LogP contribution >= 0.6 is 0 Å². The highest BCUT2D eigenvalue weighted by molar-refractivity contribution is 7.90. The first kappa shape index (κ1) is 18.9. The number of hydrogen-bond acceptors (Lipinski definition) is 5. The molecule has 0 spiro atoms. The minimum absolute atomic E-state index is 0.0679. The molecule has 2 N–H and O–H groups in total. The third kappa shape index (κ3) is 3.40. The Morgan fingerprint density at radius 1 is 1.15 bits per heavy atom. The number of sulfone groups is 1. The maximum Gasteiger partial charge on any atom is 0.259 e. The van der Waals surface area contributed by atoms with Crippen LogP contribution < -0.4 is 15.4 Å². The molecule has 142 valence electrons. The van der Waals surface area contributed by atoms with Crippen molar-refractivity contribution in [3.05, 3.63) is 47.5 Å². The van der Waals surface area contributed by atoms with E-state index in [-0.39, 0.29) is 22.1 Å². The van der Waals surface area contributed by atoms with E-state index in [1.807, 2.05) is 13.8 Å². The number of nitrogens with one attached hydrogen (secondary N) is 2. The smallest absolute Gasteiger partial charge is 0.259 e. The van der Waals surface area contributed by atoms with E-state index in [0.717, 1.165) is 11.8 Å². The summed E-state index contributed by atoms with van der Waals surface area (Å²) >= 11 is 0. The Morgan fingerprint density at radius 3 is 2.48 bits per heavy atom. The van der Waals surface area contributed by atoms with Gasteiger partial charge in [-0.05, 0) is 49.7 Å². The normalized spacial score (nSPS) is 15.0. The lowest BCUT2D eigenvalue weighted by Crippen LogP contribution is -2.26. The van der Waals surface area contributed by atoms with Crippen molar-refractivity contribution in [2.45, 2.75) is 24.2 Å². The van der Waals surface area contributed by atoms with Gasteiger partial charge < -0.3 is 15.4 Å². The predicted molar refractivity (Wildman–Crippen MR) is 102 cm³/mol. The molecule has 0 radical (unpaired) electrons. The topological polar surface area (TPSA) is 102 Å². The summed E-state index contributed by atoms with van der Waals surface area (Å²) in [6, 6.07) is 9.29. The van der Waals surface area contributed by atoms with Crippen LogP contribution in [0.15, 0.2) is 41.3 Å². The van der Waals surface area contributed by atoms with Gasteiger partial charge in [-0.15, -0.1) is 0 Å². The quantitative estimate of drug-likeness (QED) is 0.838. The monoisotopic (exact) mass is 388 g/mol. The molecule has 1 heterocycles. The number of methoxy groups -OCH3 is 1. The molecule has 2 aromatic carbocycles. The fraction of sp³-hybridized carbons (Fsp3) is 0.263. The second-order valence-corrected chi connectivity index (χ2v) is 8.94. The average molecular weight is 388 g/mol. The summed E-state index contributed by atoms with van der Waals surface area (Å²) in [5.74, 6) is -0.388. The van der Waals surface area contributed by atoms with E-state index in [0.29, 0.717) is 11.4 Å². The van der Waals surface area contributed by atoms with E-state index in [1.165, 1.54) is 25.3 Å². The van der Waals surface area contributed by atoms with Crippen molar-refractivity contribution in [1.29, 1.82) is 0 Å². The highest BCUT2D eigenvalue weighted by Crippen LogP contribution is 2.38.